The standard InChI is InChI=1S/C28H24O/c1-3-7-23-22(6-1)26-24(10-9-21-20-5-2-4-8-25(20)29-27(21)26)28(23)18-12-16-11-17(14-18)15-19(28)13-16/h1-10,16-19H,11-15H2. The molecule has 142 valence electrons. The van der Waals surface area contributed by atoms with Crippen molar-refractivity contribution >= 4 is 21.9 Å². The molecule has 0 radical (unpaired) electrons. The van der Waals surface area contributed by atoms with Crippen molar-refractivity contribution in [2.45, 2.75) is 37.5 Å². The zero-order valence-electron chi connectivity index (χ0n) is 16.5. The molecule has 0 N–H and O–H groups in total. The zero-order chi connectivity index (χ0) is 18.7. The molecular formula is C28H24O. The lowest BCUT2D eigenvalue weighted by molar-refractivity contribution is -0.0399. The molecule has 1 aromatic heterocycles. The maximum Gasteiger partial charge on any atom is 0.143 e. The smallest absolute Gasteiger partial charge is 0.143 e. The van der Waals surface area contributed by atoms with Gasteiger partial charge in [0.2, 0.25) is 0 Å². The molecule has 0 saturated heterocycles. The number of rotatable bonds is 0. The fourth-order valence-corrected chi connectivity index (χ4v) is 8.42. The van der Waals surface area contributed by atoms with Gasteiger partial charge in [0.05, 0.1) is 0 Å². The van der Waals surface area contributed by atoms with Crippen molar-refractivity contribution in [1.82, 2.24) is 0 Å². The lowest BCUT2D eigenvalue weighted by Gasteiger charge is -2.61. The minimum atomic E-state index is 0.229. The first-order valence-corrected chi connectivity index (χ1v) is 11.4. The van der Waals surface area contributed by atoms with Gasteiger partial charge in [-0.15, -0.1) is 0 Å². The Morgan fingerprint density at radius 2 is 1.38 bits per heavy atom. The summed E-state index contributed by atoms with van der Waals surface area (Å²) in [5, 5.41) is 2.52. The summed E-state index contributed by atoms with van der Waals surface area (Å²) in [4.78, 5) is 0. The van der Waals surface area contributed by atoms with Gasteiger partial charge >= 0.3 is 0 Å². The van der Waals surface area contributed by atoms with E-state index >= 15 is 0 Å². The van der Waals surface area contributed by atoms with E-state index < -0.39 is 0 Å². The van der Waals surface area contributed by atoms with Gasteiger partial charge in [-0.2, -0.15) is 0 Å². The normalized spacial score (nSPS) is 33.7. The number of hydrogen-bond donors (Lipinski definition) is 0. The van der Waals surface area contributed by atoms with E-state index in [0.29, 0.717) is 0 Å². The van der Waals surface area contributed by atoms with Gasteiger partial charge in [-0.3, -0.25) is 0 Å². The monoisotopic (exact) mass is 376 g/mol. The predicted molar refractivity (Wildman–Crippen MR) is 117 cm³/mol. The number of furan rings is 1. The molecule has 29 heavy (non-hydrogen) atoms. The van der Waals surface area contributed by atoms with Gasteiger partial charge in [0.1, 0.15) is 11.2 Å². The second-order valence-corrected chi connectivity index (χ2v) is 10.2. The quantitative estimate of drug-likeness (QED) is 0.314. The average Bonchev–Trinajstić information content (AvgIpc) is 3.26. The van der Waals surface area contributed by atoms with Crippen LogP contribution in [0.4, 0.5) is 0 Å². The van der Waals surface area contributed by atoms with Crippen LogP contribution in [-0.2, 0) is 5.41 Å². The highest BCUT2D eigenvalue weighted by molar-refractivity contribution is 6.11. The third-order valence-electron chi connectivity index (χ3n) is 9.06. The molecule has 1 heteroatoms. The Labute approximate surface area is 170 Å². The summed E-state index contributed by atoms with van der Waals surface area (Å²) in [6.45, 7) is 0. The summed E-state index contributed by atoms with van der Waals surface area (Å²) in [6.07, 6.45) is 7.22. The van der Waals surface area contributed by atoms with Crippen LogP contribution >= 0.6 is 0 Å². The average molecular weight is 376 g/mol. The topological polar surface area (TPSA) is 13.1 Å². The van der Waals surface area contributed by atoms with Crippen LogP contribution < -0.4 is 0 Å². The Kier molecular flexibility index (Phi) is 2.62. The van der Waals surface area contributed by atoms with Crippen molar-refractivity contribution in [2.24, 2.45) is 23.7 Å². The highest BCUT2D eigenvalue weighted by Crippen LogP contribution is 2.69. The molecule has 5 aliphatic rings. The lowest BCUT2D eigenvalue weighted by atomic mass is 9.43. The minimum absolute atomic E-state index is 0.229. The van der Waals surface area contributed by atoms with E-state index in [-0.39, 0.29) is 5.41 Å². The van der Waals surface area contributed by atoms with Gasteiger partial charge in [0.15, 0.2) is 0 Å². The Balaban J connectivity index is 1.52. The second kappa shape index (κ2) is 4.95. The number of fused-ring (bicyclic) bond motifs is 7. The van der Waals surface area contributed by atoms with Crippen LogP contribution in [0.15, 0.2) is 65.1 Å². The van der Waals surface area contributed by atoms with Crippen LogP contribution in [0.1, 0.15) is 43.2 Å². The minimum Gasteiger partial charge on any atom is -0.455 e. The van der Waals surface area contributed by atoms with Gasteiger partial charge in [-0.25, -0.2) is 0 Å². The molecule has 0 atom stereocenters. The zero-order valence-corrected chi connectivity index (χ0v) is 16.5. The SMILES string of the molecule is c1ccc2c(c1)-c1c(ccc3c1oc1ccccc13)C21C2CC3CC(C2)CC1C3. The molecule has 1 heterocycles. The summed E-state index contributed by atoms with van der Waals surface area (Å²) in [5.41, 5.74) is 8.39. The molecule has 0 unspecified atom stereocenters. The fourth-order valence-electron chi connectivity index (χ4n) is 8.42. The molecular weight excluding hydrogens is 352 g/mol. The maximum absolute atomic E-state index is 6.54. The second-order valence-electron chi connectivity index (χ2n) is 10.2. The van der Waals surface area contributed by atoms with Gasteiger partial charge in [0.25, 0.3) is 0 Å². The van der Waals surface area contributed by atoms with E-state index in [1.54, 1.807) is 11.1 Å². The van der Waals surface area contributed by atoms with Crippen LogP contribution in [0.3, 0.4) is 0 Å². The van der Waals surface area contributed by atoms with Crippen molar-refractivity contribution in [1.29, 1.82) is 0 Å². The molecule has 4 fully saturated rings. The first-order valence-electron chi connectivity index (χ1n) is 11.4. The lowest BCUT2D eigenvalue weighted by Crippen LogP contribution is -2.55. The third kappa shape index (κ3) is 1.64. The summed E-state index contributed by atoms with van der Waals surface area (Å²) < 4.78 is 6.54. The molecule has 4 bridgehead atoms. The Morgan fingerprint density at radius 1 is 0.655 bits per heavy atom. The largest absolute Gasteiger partial charge is 0.455 e. The molecule has 4 saturated carbocycles. The van der Waals surface area contributed by atoms with E-state index in [1.807, 2.05) is 0 Å². The van der Waals surface area contributed by atoms with Crippen molar-refractivity contribution in [2.75, 3.05) is 0 Å². The van der Waals surface area contributed by atoms with E-state index in [4.69, 9.17) is 4.42 Å². The van der Waals surface area contributed by atoms with Crippen LogP contribution in [0.2, 0.25) is 0 Å². The van der Waals surface area contributed by atoms with Crippen molar-refractivity contribution in [3.05, 3.63) is 71.8 Å². The van der Waals surface area contributed by atoms with Crippen LogP contribution in [0.5, 0.6) is 0 Å². The van der Waals surface area contributed by atoms with Gasteiger partial charge in [0, 0.05) is 21.8 Å². The number of benzene rings is 3. The fraction of sp³-hybridized carbons (Fsp3) is 0.357. The van der Waals surface area contributed by atoms with E-state index in [9.17, 15) is 0 Å². The summed E-state index contributed by atoms with van der Waals surface area (Å²) in [7, 11) is 0. The molecule has 0 amide bonds. The van der Waals surface area contributed by atoms with E-state index in [2.05, 4.69) is 60.7 Å². The highest BCUT2D eigenvalue weighted by Gasteiger charge is 2.61. The van der Waals surface area contributed by atoms with Gasteiger partial charge in [-0.05, 0) is 78.5 Å². The van der Waals surface area contributed by atoms with Crippen molar-refractivity contribution < 1.29 is 4.42 Å². The highest BCUT2D eigenvalue weighted by atomic mass is 16.3. The van der Waals surface area contributed by atoms with Gasteiger partial charge in [-0.1, -0.05) is 54.6 Å². The maximum atomic E-state index is 6.54. The molecule has 1 spiro atoms. The molecule has 4 aromatic rings. The summed E-state index contributed by atoms with van der Waals surface area (Å²) in [6, 6.07) is 22.7. The van der Waals surface area contributed by atoms with E-state index in [1.165, 1.54) is 54.0 Å². The third-order valence-corrected chi connectivity index (χ3v) is 9.06. The Bertz CT molecular complexity index is 1290. The number of hydrogen-bond acceptors (Lipinski definition) is 1. The molecule has 1 nitrogen and oxygen atoms in total. The Morgan fingerprint density at radius 3 is 2.21 bits per heavy atom. The number of para-hydroxylation sites is 1. The van der Waals surface area contributed by atoms with Crippen molar-refractivity contribution in [3.8, 4) is 11.1 Å². The molecule has 0 aliphatic heterocycles. The van der Waals surface area contributed by atoms with Crippen LogP contribution in [0, 0.1) is 23.7 Å². The first-order chi connectivity index (χ1) is 14.3. The molecule has 3 aromatic carbocycles. The van der Waals surface area contributed by atoms with E-state index in [0.717, 1.165) is 34.8 Å². The van der Waals surface area contributed by atoms with Crippen molar-refractivity contribution in [3.63, 3.8) is 0 Å². The summed E-state index contributed by atoms with van der Waals surface area (Å²) >= 11 is 0. The van der Waals surface area contributed by atoms with Crippen LogP contribution in [0.25, 0.3) is 33.1 Å². The first kappa shape index (κ1) is 15.3. The van der Waals surface area contributed by atoms with Gasteiger partial charge < -0.3 is 4.42 Å². The predicted octanol–water partition coefficient (Wildman–Crippen LogP) is 7.31. The Hall–Kier alpha value is -2.54. The van der Waals surface area contributed by atoms with Crippen LogP contribution in [-0.4, -0.2) is 0 Å². The summed E-state index contributed by atoms with van der Waals surface area (Å²) in [5.74, 6) is 3.58. The molecule has 9 rings (SSSR count). The molecule has 5 aliphatic carbocycles.